The smallest absolute Gasteiger partial charge is 0.264 e. The minimum atomic E-state index is -4.26. The van der Waals surface area contributed by atoms with Crippen molar-refractivity contribution in [3.8, 4) is 5.75 Å². The molecule has 10 heteroatoms. The number of anilines is 1. The van der Waals surface area contributed by atoms with Gasteiger partial charge in [-0.3, -0.25) is 13.9 Å². The van der Waals surface area contributed by atoms with E-state index in [0.29, 0.717) is 11.3 Å². The molecule has 1 fully saturated rings. The molecule has 46 heavy (non-hydrogen) atoms. The van der Waals surface area contributed by atoms with E-state index in [9.17, 15) is 22.4 Å². The second-order valence-electron chi connectivity index (χ2n) is 11.4. The van der Waals surface area contributed by atoms with Gasteiger partial charge in [-0.25, -0.2) is 12.8 Å². The number of halogens is 1. The highest BCUT2D eigenvalue weighted by atomic mass is 32.2. The highest BCUT2D eigenvalue weighted by Gasteiger charge is 2.35. The number of hydrogen-bond donors (Lipinski definition) is 1. The molecule has 240 valence electrons. The van der Waals surface area contributed by atoms with Gasteiger partial charge in [0.15, 0.2) is 0 Å². The Bertz CT molecular complexity index is 1710. The Morgan fingerprint density at radius 2 is 1.50 bits per heavy atom. The molecule has 5 rings (SSSR count). The van der Waals surface area contributed by atoms with Crippen LogP contribution in [0.5, 0.6) is 5.75 Å². The minimum Gasteiger partial charge on any atom is -0.497 e. The minimum absolute atomic E-state index is 0.00807. The molecule has 8 nitrogen and oxygen atoms in total. The van der Waals surface area contributed by atoms with Gasteiger partial charge < -0.3 is 15.0 Å². The fourth-order valence-electron chi connectivity index (χ4n) is 5.74. The van der Waals surface area contributed by atoms with E-state index in [2.05, 4.69) is 5.32 Å². The summed E-state index contributed by atoms with van der Waals surface area (Å²) in [5.74, 6) is -0.849. The first-order chi connectivity index (χ1) is 22.2. The van der Waals surface area contributed by atoms with Gasteiger partial charge in [-0.05, 0) is 72.5 Å². The summed E-state index contributed by atoms with van der Waals surface area (Å²) in [6, 6.07) is 28.4. The SMILES string of the molecule is COc1cccc(CN(C(=O)CN(c2ccc(F)cc2)S(=O)(=O)c2ccccc2)[C@H](Cc2ccccc2)C(=O)NC2CCCC2)c1. The van der Waals surface area contributed by atoms with Crippen molar-refractivity contribution in [3.63, 3.8) is 0 Å². The number of benzene rings is 4. The second kappa shape index (κ2) is 15.1. The van der Waals surface area contributed by atoms with Crippen LogP contribution in [0.1, 0.15) is 36.8 Å². The van der Waals surface area contributed by atoms with Crippen molar-refractivity contribution in [3.05, 3.63) is 126 Å². The first-order valence-corrected chi connectivity index (χ1v) is 16.8. The average molecular weight is 644 g/mol. The molecule has 0 radical (unpaired) electrons. The number of rotatable bonds is 13. The molecule has 2 amide bonds. The number of carbonyl (C=O) groups is 2. The predicted molar refractivity (Wildman–Crippen MR) is 175 cm³/mol. The largest absolute Gasteiger partial charge is 0.497 e. The van der Waals surface area contributed by atoms with Gasteiger partial charge in [-0.1, -0.05) is 73.5 Å². The zero-order valence-electron chi connectivity index (χ0n) is 25.7. The lowest BCUT2D eigenvalue weighted by Crippen LogP contribution is -2.54. The van der Waals surface area contributed by atoms with Crippen molar-refractivity contribution >= 4 is 27.5 Å². The standard InChI is InChI=1S/C36H38FN3O5S/c1-45-32-16-10-13-28(23-32)25-39(34(24-27-11-4-2-5-12-27)36(42)38-30-14-8-9-15-30)35(41)26-40(31-21-19-29(37)20-22-31)46(43,44)33-17-6-3-7-18-33/h2-7,10-13,16-23,30,34H,8-9,14-15,24-26H2,1H3,(H,38,42)/t34-/m1/s1. The molecule has 4 aromatic carbocycles. The molecule has 1 aliphatic rings. The first-order valence-electron chi connectivity index (χ1n) is 15.3. The monoisotopic (exact) mass is 643 g/mol. The Balaban J connectivity index is 1.56. The molecule has 1 aliphatic carbocycles. The molecule has 0 spiro atoms. The van der Waals surface area contributed by atoms with Gasteiger partial charge in [-0.15, -0.1) is 0 Å². The summed E-state index contributed by atoms with van der Waals surface area (Å²) >= 11 is 0. The van der Waals surface area contributed by atoms with Crippen molar-refractivity contribution in [2.45, 2.75) is 55.6 Å². The summed E-state index contributed by atoms with van der Waals surface area (Å²) < 4.78 is 48.3. The molecule has 0 aromatic heterocycles. The highest BCUT2D eigenvalue weighted by molar-refractivity contribution is 7.92. The Morgan fingerprint density at radius 3 is 2.15 bits per heavy atom. The van der Waals surface area contributed by atoms with Crippen LogP contribution in [0.4, 0.5) is 10.1 Å². The number of nitrogens with zero attached hydrogens (tertiary/aromatic N) is 2. The third-order valence-corrected chi connectivity index (χ3v) is 9.97. The summed E-state index contributed by atoms with van der Waals surface area (Å²) in [5.41, 5.74) is 1.68. The molecule has 1 saturated carbocycles. The van der Waals surface area contributed by atoms with Crippen molar-refractivity contribution in [1.29, 1.82) is 0 Å². The summed E-state index contributed by atoms with van der Waals surface area (Å²) in [6.45, 7) is -0.594. The van der Waals surface area contributed by atoms with E-state index in [1.165, 1.54) is 29.2 Å². The van der Waals surface area contributed by atoms with Gasteiger partial charge in [0.05, 0.1) is 17.7 Å². The van der Waals surface area contributed by atoms with Crippen LogP contribution >= 0.6 is 0 Å². The van der Waals surface area contributed by atoms with E-state index in [-0.39, 0.29) is 35.5 Å². The first kappa shape index (κ1) is 32.7. The molecule has 1 N–H and O–H groups in total. The summed E-state index contributed by atoms with van der Waals surface area (Å²) in [6.07, 6.45) is 3.98. The van der Waals surface area contributed by atoms with Crippen molar-refractivity contribution in [1.82, 2.24) is 10.2 Å². The number of methoxy groups -OCH3 is 1. The van der Waals surface area contributed by atoms with Crippen LogP contribution in [0, 0.1) is 5.82 Å². The van der Waals surface area contributed by atoms with Crippen LogP contribution in [0.15, 0.2) is 114 Å². The molecule has 1 atom stereocenters. The zero-order chi connectivity index (χ0) is 32.5. The van der Waals surface area contributed by atoms with Crippen LogP contribution in [0.2, 0.25) is 0 Å². The van der Waals surface area contributed by atoms with Gasteiger partial charge in [0.25, 0.3) is 10.0 Å². The topological polar surface area (TPSA) is 96.0 Å². The third-order valence-electron chi connectivity index (χ3n) is 8.18. The number of hydrogen-bond acceptors (Lipinski definition) is 5. The lowest BCUT2D eigenvalue weighted by molar-refractivity contribution is -0.140. The molecule has 0 saturated heterocycles. The predicted octanol–water partition coefficient (Wildman–Crippen LogP) is 5.73. The maximum Gasteiger partial charge on any atom is 0.264 e. The van der Waals surface area contributed by atoms with Crippen LogP contribution < -0.4 is 14.4 Å². The number of carbonyl (C=O) groups excluding carboxylic acids is 2. The van der Waals surface area contributed by atoms with Gasteiger partial charge >= 0.3 is 0 Å². The van der Waals surface area contributed by atoms with Crippen LogP contribution in [-0.4, -0.2) is 50.9 Å². The van der Waals surface area contributed by atoms with Crippen LogP contribution in [0.3, 0.4) is 0 Å². The molecule has 0 unspecified atom stereocenters. The number of sulfonamides is 1. The van der Waals surface area contributed by atoms with Gasteiger partial charge in [0.1, 0.15) is 24.2 Å². The number of amides is 2. The quantitative estimate of drug-likeness (QED) is 0.201. The van der Waals surface area contributed by atoms with E-state index < -0.39 is 34.3 Å². The van der Waals surface area contributed by atoms with Crippen molar-refractivity contribution < 1.29 is 27.1 Å². The summed E-state index contributed by atoms with van der Waals surface area (Å²) in [5, 5.41) is 3.16. The Morgan fingerprint density at radius 1 is 0.870 bits per heavy atom. The van der Waals surface area contributed by atoms with E-state index in [1.807, 2.05) is 36.4 Å². The van der Waals surface area contributed by atoms with E-state index in [0.717, 1.165) is 47.7 Å². The van der Waals surface area contributed by atoms with Crippen molar-refractivity contribution in [2.24, 2.45) is 0 Å². The second-order valence-corrected chi connectivity index (χ2v) is 13.2. The Labute approximate surface area is 269 Å². The highest BCUT2D eigenvalue weighted by Crippen LogP contribution is 2.26. The van der Waals surface area contributed by atoms with Crippen LogP contribution in [0.25, 0.3) is 0 Å². The van der Waals surface area contributed by atoms with Gasteiger partial charge in [0.2, 0.25) is 11.8 Å². The summed E-state index contributed by atoms with van der Waals surface area (Å²) in [7, 11) is -2.71. The molecule has 0 aliphatic heterocycles. The normalized spacial score (nSPS) is 14.0. The molecule has 0 bridgehead atoms. The van der Waals surface area contributed by atoms with Gasteiger partial charge in [-0.2, -0.15) is 0 Å². The van der Waals surface area contributed by atoms with E-state index in [1.54, 1.807) is 43.5 Å². The number of nitrogens with one attached hydrogen (secondary N) is 1. The number of ether oxygens (including phenoxy) is 1. The summed E-state index contributed by atoms with van der Waals surface area (Å²) in [4.78, 5) is 30.0. The fourth-order valence-corrected chi connectivity index (χ4v) is 7.18. The molecule has 4 aromatic rings. The van der Waals surface area contributed by atoms with Gasteiger partial charge in [0, 0.05) is 19.0 Å². The molecular formula is C36H38FN3O5S. The Hall–Kier alpha value is -4.70. The lowest BCUT2D eigenvalue weighted by Gasteiger charge is -2.34. The third kappa shape index (κ3) is 8.11. The van der Waals surface area contributed by atoms with E-state index in [4.69, 9.17) is 4.74 Å². The zero-order valence-corrected chi connectivity index (χ0v) is 26.5. The van der Waals surface area contributed by atoms with Crippen LogP contribution in [-0.2, 0) is 32.6 Å². The maximum absolute atomic E-state index is 14.5. The molecular weight excluding hydrogens is 605 g/mol. The van der Waals surface area contributed by atoms with E-state index >= 15 is 0 Å². The molecule has 0 heterocycles. The maximum atomic E-state index is 14.5. The fraction of sp³-hybridized carbons (Fsp3) is 0.278. The van der Waals surface area contributed by atoms with Crippen molar-refractivity contribution in [2.75, 3.05) is 18.0 Å². The Kier molecular flexibility index (Phi) is 10.7. The average Bonchev–Trinajstić information content (AvgIpc) is 3.59. The lowest BCUT2D eigenvalue weighted by atomic mass is 10.0.